The predicted octanol–water partition coefficient (Wildman–Crippen LogP) is 2.70. The van der Waals surface area contributed by atoms with E-state index in [1.807, 2.05) is 7.05 Å². The molecule has 1 aliphatic heterocycles. The van der Waals surface area contributed by atoms with Gasteiger partial charge in [0.15, 0.2) is 5.01 Å². The highest BCUT2D eigenvalue weighted by molar-refractivity contribution is 7.13. The zero-order valence-corrected chi connectivity index (χ0v) is 23.8. The molecule has 1 saturated carbocycles. The topological polar surface area (TPSA) is 124 Å². The van der Waals surface area contributed by atoms with Crippen molar-refractivity contribution in [3.63, 3.8) is 0 Å². The molecule has 5 amide bonds. The van der Waals surface area contributed by atoms with Gasteiger partial charge < -0.3 is 20.4 Å². The van der Waals surface area contributed by atoms with E-state index in [0.717, 1.165) is 30.1 Å². The van der Waals surface area contributed by atoms with Crippen molar-refractivity contribution in [2.75, 3.05) is 27.7 Å². The summed E-state index contributed by atoms with van der Waals surface area (Å²) in [6.45, 7) is 1.65. The molecule has 2 aromatic rings. The van der Waals surface area contributed by atoms with E-state index in [0.29, 0.717) is 34.9 Å². The summed E-state index contributed by atoms with van der Waals surface area (Å²) in [7, 11) is 5.44. The van der Waals surface area contributed by atoms with E-state index in [1.54, 1.807) is 31.1 Å². The highest BCUT2D eigenvalue weighted by Gasteiger charge is 2.37. The number of hydrogen-bond acceptors (Lipinski definition) is 7. The van der Waals surface area contributed by atoms with Gasteiger partial charge in [-0.1, -0.05) is 11.6 Å². The third-order valence-corrected chi connectivity index (χ3v) is 8.06. The minimum Gasteiger partial charge on any atom is -0.349 e. The first-order valence-electron chi connectivity index (χ1n) is 12.2. The zero-order valence-electron chi connectivity index (χ0n) is 21.5. The largest absolute Gasteiger partial charge is 0.349 e. The summed E-state index contributed by atoms with van der Waals surface area (Å²) in [6.07, 6.45) is 2.19. The number of carbonyl (C=O) groups excluding carboxylic acids is 4. The smallest absolute Gasteiger partial charge is 0.321 e. The second-order valence-electron chi connectivity index (χ2n) is 9.74. The van der Waals surface area contributed by atoms with Gasteiger partial charge in [-0.25, -0.2) is 9.78 Å². The number of nitrogens with zero attached hydrogens (tertiary/aromatic N) is 3. The van der Waals surface area contributed by atoms with Crippen LogP contribution in [0.3, 0.4) is 0 Å². The molecule has 206 valence electrons. The lowest BCUT2D eigenvalue weighted by Crippen LogP contribution is -2.57. The zero-order chi connectivity index (χ0) is 26.7. The van der Waals surface area contributed by atoms with E-state index in [-0.39, 0.29) is 30.1 Å². The number of amides is 5. The third kappa shape index (κ3) is 7.22. The Labute approximate surface area is 236 Å². The van der Waals surface area contributed by atoms with E-state index in [2.05, 4.69) is 25.8 Å². The average Bonchev–Trinajstić information content (AvgIpc) is 3.28. The van der Waals surface area contributed by atoms with Crippen molar-refractivity contribution < 1.29 is 19.2 Å². The first-order chi connectivity index (χ1) is 17.6. The molecule has 3 N–H and O–H groups in total. The number of likely N-dealkylation sites (N-methyl/N-ethyl adjacent to an activating group) is 1. The number of benzene rings is 1. The maximum absolute atomic E-state index is 13.2. The molecule has 1 aromatic heterocycles. The standard InChI is InChI=1S/C25H31ClN6O4S.ClH/c1-31(2)24(35)15-6-9-17(29-25(36)30-21(33)14-4-7-16(26)8-5-14)19(12-15)27-22(34)23-28-18-10-11-32(3)13-20(18)37-23;/h4-5,7-8,15,17,19H,6,9-13H2,1-3H3,(H,27,34)(H2,29,30,33,36);1H. The number of aromatic nitrogens is 1. The summed E-state index contributed by atoms with van der Waals surface area (Å²) in [4.78, 5) is 60.3. The minimum atomic E-state index is -0.672. The lowest BCUT2D eigenvalue weighted by Gasteiger charge is -2.37. The van der Waals surface area contributed by atoms with Crippen LogP contribution in [0.4, 0.5) is 4.79 Å². The van der Waals surface area contributed by atoms with E-state index >= 15 is 0 Å². The van der Waals surface area contributed by atoms with Crippen molar-refractivity contribution >= 4 is 59.1 Å². The highest BCUT2D eigenvalue weighted by atomic mass is 35.5. The van der Waals surface area contributed by atoms with Gasteiger partial charge in [0.25, 0.3) is 11.8 Å². The number of rotatable bonds is 5. The number of imide groups is 1. The molecular formula is C25H32Cl2N6O4S. The van der Waals surface area contributed by atoms with Crippen LogP contribution in [0.5, 0.6) is 0 Å². The quantitative estimate of drug-likeness (QED) is 0.498. The Balaban J connectivity index is 0.00000400. The summed E-state index contributed by atoms with van der Waals surface area (Å²) in [5, 5.41) is 9.01. The van der Waals surface area contributed by atoms with Gasteiger partial charge in [-0.3, -0.25) is 19.7 Å². The number of urea groups is 1. The number of halogens is 2. The normalized spacial score (nSPS) is 20.9. The lowest BCUT2D eigenvalue weighted by molar-refractivity contribution is -0.134. The molecule has 38 heavy (non-hydrogen) atoms. The molecule has 2 aliphatic rings. The molecule has 0 radical (unpaired) electrons. The number of carbonyl (C=O) groups is 4. The molecule has 0 spiro atoms. The number of hydrogen-bond donors (Lipinski definition) is 3. The fourth-order valence-corrected chi connectivity index (χ4v) is 5.94. The van der Waals surface area contributed by atoms with Crippen LogP contribution in [0.2, 0.25) is 5.02 Å². The van der Waals surface area contributed by atoms with Crippen molar-refractivity contribution in [1.29, 1.82) is 0 Å². The maximum atomic E-state index is 13.2. The highest BCUT2D eigenvalue weighted by Crippen LogP contribution is 2.28. The fraction of sp³-hybridized carbons (Fsp3) is 0.480. The minimum absolute atomic E-state index is 0. The number of fused-ring (bicyclic) bond motifs is 1. The van der Waals surface area contributed by atoms with Crippen molar-refractivity contribution in [3.8, 4) is 0 Å². The monoisotopic (exact) mass is 582 g/mol. The Morgan fingerprint density at radius 2 is 1.76 bits per heavy atom. The Bertz CT molecular complexity index is 1190. The van der Waals surface area contributed by atoms with E-state index in [4.69, 9.17) is 11.6 Å². The van der Waals surface area contributed by atoms with Crippen LogP contribution in [-0.4, -0.2) is 78.3 Å². The third-order valence-electron chi connectivity index (χ3n) is 6.72. The molecular weight excluding hydrogens is 551 g/mol. The lowest BCUT2D eigenvalue weighted by atomic mass is 9.81. The van der Waals surface area contributed by atoms with Gasteiger partial charge in [0, 0.05) is 55.0 Å². The molecule has 1 aromatic carbocycles. The Morgan fingerprint density at radius 1 is 1.05 bits per heavy atom. The van der Waals surface area contributed by atoms with Gasteiger partial charge in [0.2, 0.25) is 5.91 Å². The Kier molecular flexibility index (Phi) is 10.1. The summed E-state index contributed by atoms with van der Waals surface area (Å²) >= 11 is 7.24. The van der Waals surface area contributed by atoms with Crippen LogP contribution in [0.25, 0.3) is 0 Å². The molecule has 4 rings (SSSR count). The summed E-state index contributed by atoms with van der Waals surface area (Å²) in [6, 6.07) is 4.54. The second-order valence-corrected chi connectivity index (χ2v) is 11.3. The summed E-state index contributed by atoms with van der Waals surface area (Å²) in [5.41, 5.74) is 1.25. The van der Waals surface area contributed by atoms with Gasteiger partial charge in [0.1, 0.15) is 0 Å². The van der Waals surface area contributed by atoms with E-state index < -0.39 is 24.0 Å². The van der Waals surface area contributed by atoms with Crippen LogP contribution in [0, 0.1) is 5.92 Å². The second kappa shape index (κ2) is 12.9. The van der Waals surface area contributed by atoms with Crippen LogP contribution >= 0.6 is 35.3 Å². The van der Waals surface area contributed by atoms with Crippen molar-refractivity contribution in [2.45, 2.75) is 44.3 Å². The molecule has 13 heteroatoms. The molecule has 3 atom stereocenters. The Hall–Kier alpha value is -2.73. The van der Waals surface area contributed by atoms with Gasteiger partial charge in [0.05, 0.1) is 17.8 Å². The Morgan fingerprint density at radius 3 is 2.45 bits per heavy atom. The van der Waals surface area contributed by atoms with Gasteiger partial charge in [-0.2, -0.15) is 0 Å². The molecule has 2 heterocycles. The maximum Gasteiger partial charge on any atom is 0.321 e. The van der Waals surface area contributed by atoms with Gasteiger partial charge in [-0.15, -0.1) is 23.7 Å². The van der Waals surface area contributed by atoms with Crippen LogP contribution in [-0.2, 0) is 17.8 Å². The van der Waals surface area contributed by atoms with Crippen LogP contribution in [0.15, 0.2) is 24.3 Å². The van der Waals surface area contributed by atoms with E-state index in [9.17, 15) is 19.2 Å². The van der Waals surface area contributed by atoms with Crippen LogP contribution < -0.4 is 16.0 Å². The fourth-order valence-electron chi connectivity index (χ4n) is 4.72. The molecule has 0 bridgehead atoms. The number of thiazole rings is 1. The molecule has 1 fully saturated rings. The SMILES string of the molecule is CN1CCc2nc(C(=O)NC3CC(C(=O)N(C)C)CCC3NC(=O)NC(=O)c3ccc(Cl)cc3)sc2C1.Cl. The first-order valence-corrected chi connectivity index (χ1v) is 13.4. The van der Waals surface area contributed by atoms with Crippen molar-refractivity contribution in [1.82, 2.24) is 30.7 Å². The molecule has 3 unspecified atom stereocenters. The first kappa shape index (κ1) is 29.8. The van der Waals surface area contributed by atoms with Gasteiger partial charge in [-0.05, 0) is 50.6 Å². The summed E-state index contributed by atoms with van der Waals surface area (Å²) < 4.78 is 0. The van der Waals surface area contributed by atoms with Crippen molar-refractivity contribution in [2.24, 2.45) is 5.92 Å². The van der Waals surface area contributed by atoms with Crippen molar-refractivity contribution in [3.05, 3.63) is 50.4 Å². The molecule has 10 nitrogen and oxygen atoms in total. The molecule has 1 aliphatic carbocycles. The van der Waals surface area contributed by atoms with Crippen LogP contribution in [0.1, 0.15) is 50.0 Å². The van der Waals surface area contributed by atoms with E-state index in [1.165, 1.54) is 23.5 Å². The number of nitrogens with one attached hydrogen (secondary N) is 3. The van der Waals surface area contributed by atoms with Gasteiger partial charge >= 0.3 is 6.03 Å². The average molecular weight is 584 g/mol. The molecule has 0 saturated heterocycles. The summed E-state index contributed by atoms with van der Waals surface area (Å²) in [5.74, 6) is -1.19. The predicted molar refractivity (Wildman–Crippen MR) is 148 cm³/mol.